The van der Waals surface area contributed by atoms with Crippen molar-refractivity contribution in [3.05, 3.63) is 59.7 Å². The predicted octanol–water partition coefficient (Wildman–Crippen LogP) is 4.55. The zero-order valence-electron chi connectivity index (χ0n) is 11.6. The summed E-state index contributed by atoms with van der Waals surface area (Å²) in [4.78, 5) is 0. The Bertz CT molecular complexity index is 596. The Balaban J connectivity index is 1.95. The number of rotatable bonds is 5. The van der Waals surface area contributed by atoms with Gasteiger partial charge in [-0.3, -0.25) is 0 Å². The second-order valence-electron chi connectivity index (χ2n) is 4.77. The molecule has 0 aliphatic heterocycles. The van der Waals surface area contributed by atoms with E-state index in [1.165, 1.54) is 6.07 Å². The van der Waals surface area contributed by atoms with E-state index in [0.717, 1.165) is 16.8 Å². The van der Waals surface area contributed by atoms with E-state index >= 15 is 0 Å². The number of halogens is 3. The van der Waals surface area contributed by atoms with Gasteiger partial charge < -0.3 is 10.1 Å². The predicted molar refractivity (Wildman–Crippen MR) is 76.5 cm³/mol. The van der Waals surface area contributed by atoms with Crippen LogP contribution in [0.1, 0.15) is 11.1 Å². The molecule has 0 bridgehead atoms. The summed E-state index contributed by atoms with van der Waals surface area (Å²) in [5.74, 6) is 0.218. The van der Waals surface area contributed by atoms with Gasteiger partial charge in [-0.1, -0.05) is 24.3 Å². The number of anilines is 1. The van der Waals surface area contributed by atoms with Crippen LogP contribution >= 0.6 is 0 Å². The summed E-state index contributed by atoms with van der Waals surface area (Å²) in [6.07, 6.45) is -4.32. The maximum absolute atomic E-state index is 12.1. The fourth-order valence-electron chi connectivity index (χ4n) is 1.87. The highest BCUT2D eigenvalue weighted by Gasteiger charge is 2.28. The molecule has 0 aliphatic carbocycles. The number of benzene rings is 2. The Morgan fingerprint density at radius 1 is 1.05 bits per heavy atom. The fourth-order valence-corrected chi connectivity index (χ4v) is 1.87. The van der Waals surface area contributed by atoms with Gasteiger partial charge in [0.05, 0.1) is 0 Å². The molecule has 0 saturated heterocycles. The van der Waals surface area contributed by atoms with Crippen LogP contribution in [-0.2, 0) is 6.54 Å². The zero-order chi connectivity index (χ0) is 15.3. The molecule has 5 heteroatoms. The first-order chi connectivity index (χ1) is 9.92. The second-order valence-corrected chi connectivity index (χ2v) is 4.77. The summed E-state index contributed by atoms with van der Waals surface area (Å²) >= 11 is 0. The Kier molecular flexibility index (Phi) is 4.73. The SMILES string of the molecule is Cc1cccc(NCc2cccc(OCC(F)(F)F)c2)c1. The molecular formula is C16H16F3NO. The lowest BCUT2D eigenvalue weighted by Crippen LogP contribution is -2.19. The molecule has 112 valence electrons. The van der Waals surface area contributed by atoms with Gasteiger partial charge in [0.25, 0.3) is 0 Å². The van der Waals surface area contributed by atoms with Gasteiger partial charge in [0.15, 0.2) is 6.61 Å². The third-order valence-corrected chi connectivity index (χ3v) is 2.82. The average Bonchev–Trinajstić information content (AvgIpc) is 2.43. The molecule has 2 aromatic rings. The van der Waals surface area contributed by atoms with Crippen LogP contribution in [0.2, 0.25) is 0 Å². The van der Waals surface area contributed by atoms with E-state index in [2.05, 4.69) is 5.32 Å². The lowest BCUT2D eigenvalue weighted by atomic mass is 10.2. The van der Waals surface area contributed by atoms with Crippen LogP contribution in [0.15, 0.2) is 48.5 Å². The lowest BCUT2D eigenvalue weighted by Gasteiger charge is -2.11. The van der Waals surface area contributed by atoms with Crippen LogP contribution in [0.3, 0.4) is 0 Å². The first-order valence-corrected chi connectivity index (χ1v) is 6.51. The van der Waals surface area contributed by atoms with Crippen LogP contribution in [0, 0.1) is 6.92 Å². The first kappa shape index (κ1) is 15.2. The highest BCUT2D eigenvalue weighted by atomic mass is 19.4. The van der Waals surface area contributed by atoms with E-state index in [4.69, 9.17) is 4.74 Å². The monoisotopic (exact) mass is 295 g/mol. The van der Waals surface area contributed by atoms with E-state index in [1.807, 2.05) is 37.3 Å². The van der Waals surface area contributed by atoms with Gasteiger partial charge in [0.1, 0.15) is 5.75 Å². The number of hydrogen-bond donors (Lipinski definition) is 1. The molecule has 1 N–H and O–H groups in total. The zero-order valence-corrected chi connectivity index (χ0v) is 11.6. The maximum Gasteiger partial charge on any atom is 0.422 e. The molecule has 0 radical (unpaired) electrons. The molecule has 0 saturated carbocycles. The van der Waals surface area contributed by atoms with E-state index in [-0.39, 0.29) is 5.75 Å². The summed E-state index contributed by atoms with van der Waals surface area (Å²) < 4.78 is 41.1. The van der Waals surface area contributed by atoms with E-state index < -0.39 is 12.8 Å². The molecule has 0 fully saturated rings. The fraction of sp³-hybridized carbons (Fsp3) is 0.250. The quantitative estimate of drug-likeness (QED) is 0.874. The summed E-state index contributed by atoms with van der Waals surface area (Å²) in [5, 5.41) is 3.22. The summed E-state index contributed by atoms with van der Waals surface area (Å²) in [6.45, 7) is 1.24. The minimum atomic E-state index is -4.32. The highest BCUT2D eigenvalue weighted by Crippen LogP contribution is 2.20. The molecule has 0 atom stereocenters. The van der Waals surface area contributed by atoms with Gasteiger partial charge in [0, 0.05) is 12.2 Å². The van der Waals surface area contributed by atoms with Gasteiger partial charge in [-0.2, -0.15) is 13.2 Å². The van der Waals surface area contributed by atoms with E-state index in [0.29, 0.717) is 6.54 Å². The van der Waals surface area contributed by atoms with Crippen molar-refractivity contribution in [2.24, 2.45) is 0 Å². The van der Waals surface area contributed by atoms with Gasteiger partial charge in [0.2, 0.25) is 0 Å². The van der Waals surface area contributed by atoms with Gasteiger partial charge in [-0.15, -0.1) is 0 Å². The smallest absolute Gasteiger partial charge is 0.422 e. The Labute approximate surface area is 121 Å². The molecule has 0 unspecified atom stereocenters. The number of nitrogens with one attached hydrogen (secondary N) is 1. The summed E-state index contributed by atoms with van der Waals surface area (Å²) in [6, 6.07) is 14.5. The van der Waals surface area contributed by atoms with Crippen LogP contribution in [0.4, 0.5) is 18.9 Å². The number of aryl methyl sites for hydroxylation is 1. The van der Waals surface area contributed by atoms with Crippen molar-refractivity contribution in [3.63, 3.8) is 0 Å². The van der Waals surface area contributed by atoms with Crippen molar-refractivity contribution in [1.82, 2.24) is 0 Å². The standard InChI is InChI=1S/C16H16F3NO/c1-12-4-2-6-14(8-12)20-10-13-5-3-7-15(9-13)21-11-16(17,18)19/h2-9,20H,10-11H2,1H3. The van der Waals surface area contributed by atoms with Crippen LogP contribution in [0.5, 0.6) is 5.75 Å². The first-order valence-electron chi connectivity index (χ1n) is 6.51. The van der Waals surface area contributed by atoms with Crippen LogP contribution < -0.4 is 10.1 Å². The van der Waals surface area contributed by atoms with E-state index in [9.17, 15) is 13.2 Å². The minimum absolute atomic E-state index is 0.218. The Hall–Kier alpha value is -2.17. The summed E-state index contributed by atoms with van der Waals surface area (Å²) in [5.41, 5.74) is 2.97. The number of ether oxygens (including phenoxy) is 1. The maximum atomic E-state index is 12.1. The van der Waals surface area contributed by atoms with Gasteiger partial charge >= 0.3 is 6.18 Å². The minimum Gasteiger partial charge on any atom is -0.484 e. The van der Waals surface area contributed by atoms with Crippen molar-refractivity contribution >= 4 is 5.69 Å². The molecule has 21 heavy (non-hydrogen) atoms. The molecule has 0 aliphatic rings. The molecule has 0 aromatic heterocycles. The lowest BCUT2D eigenvalue weighted by molar-refractivity contribution is -0.153. The normalized spacial score (nSPS) is 11.2. The third kappa shape index (κ3) is 5.38. The third-order valence-electron chi connectivity index (χ3n) is 2.82. The molecule has 0 spiro atoms. The van der Waals surface area contributed by atoms with Crippen molar-refractivity contribution in [2.45, 2.75) is 19.6 Å². The Morgan fingerprint density at radius 3 is 2.52 bits per heavy atom. The largest absolute Gasteiger partial charge is 0.484 e. The van der Waals surface area contributed by atoms with Gasteiger partial charge in [-0.25, -0.2) is 0 Å². The van der Waals surface area contributed by atoms with Crippen molar-refractivity contribution in [3.8, 4) is 5.75 Å². The van der Waals surface area contributed by atoms with Gasteiger partial charge in [-0.05, 0) is 42.3 Å². The Morgan fingerprint density at radius 2 is 1.81 bits per heavy atom. The molecule has 2 aromatic carbocycles. The highest BCUT2D eigenvalue weighted by molar-refractivity contribution is 5.46. The van der Waals surface area contributed by atoms with Crippen molar-refractivity contribution < 1.29 is 17.9 Å². The molecule has 0 amide bonds. The molecular weight excluding hydrogens is 279 g/mol. The molecule has 2 nitrogen and oxygen atoms in total. The van der Waals surface area contributed by atoms with Crippen LogP contribution in [0.25, 0.3) is 0 Å². The topological polar surface area (TPSA) is 21.3 Å². The second kappa shape index (κ2) is 6.52. The van der Waals surface area contributed by atoms with E-state index in [1.54, 1.807) is 12.1 Å². The van der Waals surface area contributed by atoms with Crippen molar-refractivity contribution in [2.75, 3.05) is 11.9 Å². The molecule has 2 rings (SSSR count). The number of alkyl halides is 3. The molecule has 0 heterocycles. The van der Waals surface area contributed by atoms with Crippen LogP contribution in [-0.4, -0.2) is 12.8 Å². The average molecular weight is 295 g/mol. The summed E-state index contributed by atoms with van der Waals surface area (Å²) in [7, 11) is 0. The number of hydrogen-bond acceptors (Lipinski definition) is 2. The van der Waals surface area contributed by atoms with Crippen molar-refractivity contribution in [1.29, 1.82) is 0 Å².